The van der Waals surface area contributed by atoms with Gasteiger partial charge in [-0.15, -0.1) is 0 Å². The highest BCUT2D eigenvalue weighted by atomic mass is 32.2. The van der Waals surface area contributed by atoms with E-state index >= 15 is 0 Å². The van der Waals surface area contributed by atoms with Crippen LogP contribution in [0.5, 0.6) is 11.5 Å². The Labute approximate surface area is 170 Å². The van der Waals surface area contributed by atoms with Crippen molar-refractivity contribution in [2.24, 2.45) is 0 Å². The Bertz CT molecular complexity index is 1060. The standard InChI is InChI=1S/C22H22FNO4S/c1-16(17-9-5-4-6-10-17)24(18-13-19(27-2)15-20(14-18)28-3)29(25,26)22-12-8-7-11-21(22)23/h4-16H,1-3H3. The van der Waals surface area contributed by atoms with E-state index in [9.17, 15) is 12.8 Å². The maximum Gasteiger partial charge on any atom is 0.267 e. The number of methoxy groups -OCH3 is 2. The second-order valence-electron chi connectivity index (χ2n) is 6.39. The summed E-state index contributed by atoms with van der Waals surface area (Å²) >= 11 is 0. The molecule has 0 radical (unpaired) electrons. The van der Waals surface area contributed by atoms with Crippen molar-refractivity contribution in [3.05, 3.63) is 84.2 Å². The molecule has 0 N–H and O–H groups in total. The minimum absolute atomic E-state index is 0.306. The van der Waals surface area contributed by atoms with E-state index in [-0.39, 0.29) is 0 Å². The van der Waals surface area contributed by atoms with Crippen molar-refractivity contribution in [1.29, 1.82) is 0 Å². The molecule has 3 aromatic carbocycles. The van der Waals surface area contributed by atoms with E-state index < -0.39 is 26.8 Å². The highest BCUT2D eigenvalue weighted by molar-refractivity contribution is 7.92. The third-order valence-electron chi connectivity index (χ3n) is 4.60. The first-order valence-corrected chi connectivity index (χ1v) is 10.4. The molecule has 0 bridgehead atoms. The first-order valence-electron chi connectivity index (χ1n) is 8.95. The lowest BCUT2D eigenvalue weighted by atomic mass is 10.1. The van der Waals surface area contributed by atoms with Gasteiger partial charge in [-0.3, -0.25) is 4.31 Å². The van der Waals surface area contributed by atoms with Gasteiger partial charge >= 0.3 is 0 Å². The van der Waals surface area contributed by atoms with Crippen molar-refractivity contribution in [3.8, 4) is 11.5 Å². The molecule has 5 nitrogen and oxygen atoms in total. The highest BCUT2D eigenvalue weighted by Crippen LogP contribution is 2.37. The molecule has 0 aliphatic heterocycles. The third-order valence-corrected chi connectivity index (χ3v) is 6.53. The molecule has 3 aromatic rings. The fourth-order valence-corrected chi connectivity index (χ4v) is 4.81. The molecule has 0 aromatic heterocycles. The Morgan fingerprint density at radius 2 is 1.41 bits per heavy atom. The molecule has 152 valence electrons. The van der Waals surface area contributed by atoms with Gasteiger partial charge in [-0.05, 0) is 24.6 Å². The molecule has 0 heterocycles. The van der Waals surface area contributed by atoms with Crippen molar-refractivity contribution in [1.82, 2.24) is 0 Å². The average molecular weight is 415 g/mol. The zero-order valence-corrected chi connectivity index (χ0v) is 17.2. The van der Waals surface area contributed by atoms with Crippen LogP contribution in [-0.2, 0) is 10.0 Å². The van der Waals surface area contributed by atoms with Gasteiger partial charge in [0.25, 0.3) is 10.0 Å². The maximum absolute atomic E-state index is 14.5. The third kappa shape index (κ3) is 4.19. The molecular formula is C22H22FNO4S. The minimum atomic E-state index is -4.23. The second kappa shape index (κ2) is 8.53. The van der Waals surface area contributed by atoms with E-state index in [2.05, 4.69) is 0 Å². The molecule has 29 heavy (non-hydrogen) atoms. The van der Waals surface area contributed by atoms with Gasteiger partial charge in [-0.2, -0.15) is 0 Å². The summed E-state index contributed by atoms with van der Waals surface area (Å²) in [6.45, 7) is 1.75. The number of sulfonamides is 1. The van der Waals surface area contributed by atoms with Gasteiger partial charge in [0.2, 0.25) is 0 Å². The fourth-order valence-electron chi connectivity index (χ4n) is 3.12. The van der Waals surface area contributed by atoms with Gasteiger partial charge in [0.15, 0.2) is 0 Å². The minimum Gasteiger partial charge on any atom is -0.497 e. The van der Waals surface area contributed by atoms with E-state index in [1.165, 1.54) is 36.7 Å². The summed E-state index contributed by atoms with van der Waals surface area (Å²) in [5.74, 6) is 0.0364. The average Bonchev–Trinajstić information content (AvgIpc) is 2.74. The smallest absolute Gasteiger partial charge is 0.267 e. The molecule has 0 spiro atoms. The van der Waals surface area contributed by atoms with Crippen LogP contribution >= 0.6 is 0 Å². The first kappa shape index (κ1) is 20.7. The summed E-state index contributed by atoms with van der Waals surface area (Å²) in [4.78, 5) is -0.399. The molecule has 0 amide bonds. The summed E-state index contributed by atoms with van der Waals surface area (Å²) in [5, 5.41) is 0. The van der Waals surface area contributed by atoms with Crippen LogP contribution < -0.4 is 13.8 Å². The topological polar surface area (TPSA) is 55.8 Å². The van der Waals surface area contributed by atoms with Crippen LogP contribution in [0.4, 0.5) is 10.1 Å². The normalized spacial score (nSPS) is 12.3. The lowest BCUT2D eigenvalue weighted by Gasteiger charge is -2.31. The van der Waals surface area contributed by atoms with Crippen molar-refractivity contribution in [3.63, 3.8) is 0 Å². The van der Waals surface area contributed by atoms with Crippen LogP contribution in [-0.4, -0.2) is 22.6 Å². The lowest BCUT2D eigenvalue weighted by molar-refractivity contribution is 0.394. The number of hydrogen-bond acceptors (Lipinski definition) is 4. The number of rotatable bonds is 7. The molecule has 0 saturated carbocycles. The van der Waals surface area contributed by atoms with E-state index in [1.807, 2.05) is 30.3 Å². The molecule has 3 rings (SSSR count). The summed E-state index contributed by atoms with van der Waals surface area (Å²) < 4.78 is 53.4. The Morgan fingerprint density at radius 1 is 0.862 bits per heavy atom. The summed E-state index contributed by atoms with van der Waals surface area (Å²) in [5.41, 5.74) is 1.06. The van der Waals surface area contributed by atoms with Gasteiger partial charge in [0.05, 0.1) is 25.9 Å². The monoisotopic (exact) mass is 415 g/mol. The van der Waals surface area contributed by atoms with Gasteiger partial charge in [0.1, 0.15) is 22.2 Å². The Balaban J connectivity index is 2.24. The number of benzene rings is 3. The Kier molecular flexibility index (Phi) is 6.08. The first-order chi connectivity index (χ1) is 13.9. The maximum atomic E-state index is 14.5. The van der Waals surface area contributed by atoms with Gasteiger partial charge in [-0.1, -0.05) is 42.5 Å². The van der Waals surface area contributed by atoms with Crippen LogP contribution in [0.25, 0.3) is 0 Å². The predicted molar refractivity (Wildman–Crippen MR) is 110 cm³/mol. The second-order valence-corrected chi connectivity index (χ2v) is 8.17. The largest absolute Gasteiger partial charge is 0.497 e. The lowest BCUT2D eigenvalue weighted by Crippen LogP contribution is -2.34. The predicted octanol–water partition coefficient (Wildman–Crippen LogP) is 4.80. The molecule has 0 aliphatic rings. The molecule has 7 heteroatoms. The fraction of sp³-hybridized carbons (Fsp3) is 0.182. The van der Waals surface area contributed by atoms with E-state index in [1.54, 1.807) is 25.1 Å². The number of ether oxygens (including phenoxy) is 2. The van der Waals surface area contributed by atoms with Crippen molar-refractivity contribution in [2.75, 3.05) is 18.5 Å². The van der Waals surface area contributed by atoms with Crippen LogP contribution in [0.15, 0.2) is 77.7 Å². The van der Waals surface area contributed by atoms with Crippen LogP contribution in [0.2, 0.25) is 0 Å². The molecule has 1 atom stereocenters. The zero-order valence-electron chi connectivity index (χ0n) is 16.4. The summed E-state index contributed by atoms with van der Waals surface area (Å²) in [7, 11) is -1.27. The number of halogens is 1. The van der Waals surface area contributed by atoms with Crippen LogP contribution in [0, 0.1) is 5.82 Å². The van der Waals surface area contributed by atoms with E-state index in [0.29, 0.717) is 17.2 Å². The Morgan fingerprint density at radius 3 is 1.97 bits per heavy atom. The van der Waals surface area contributed by atoms with Gasteiger partial charge < -0.3 is 9.47 Å². The van der Waals surface area contributed by atoms with E-state index in [4.69, 9.17) is 9.47 Å². The van der Waals surface area contributed by atoms with Gasteiger partial charge in [0, 0.05) is 18.2 Å². The van der Waals surface area contributed by atoms with Gasteiger partial charge in [-0.25, -0.2) is 12.8 Å². The van der Waals surface area contributed by atoms with Crippen molar-refractivity contribution in [2.45, 2.75) is 17.9 Å². The van der Waals surface area contributed by atoms with Crippen LogP contribution in [0.3, 0.4) is 0 Å². The zero-order chi connectivity index (χ0) is 21.0. The van der Waals surface area contributed by atoms with Crippen LogP contribution in [0.1, 0.15) is 18.5 Å². The summed E-state index contributed by atoms with van der Waals surface area (Å²) in [6.07, 6.45) is 0. The number of hydrogen-bond donors (Lipinski definition) is 0. The quantitative estimate of drug-likeness (QED) is 0.556. The van der Waals surface area contributed by atoms with Crippen molar-refractivity contribution < 1.29 is 22.3 Å². The number of anilines is 1. The van der Waals surface area contributed by atoms with E-state index in [0.717, 1.165) is 11.6 Å². The van der Waals surface area contributed by atoms with Crippen molar-refractivity contribution >= 4 is 15.7 Å². The molecule has 0 aliphatic carbocycles. The molecule has 1 unspecified atom stereocenters. The molecule has 0 fully saturated rings. The molecule has 0 saturated heterocycles. The SMILES string of the molecule is COc1cc(OC)cc(N(C(C)c2ccccc2)S(=O)(=O)c2ccccc2F)c1. The number of nitrogens with zero attached hydrogens (tertiary/aromatic N) is 1. The highest BCUT2D eigenvalue weighted by Gasteiger charge is 2.33. The Hall–Kier alpha value is -3.06. The molecular weight excluding hydrogens is 393 g/mol. The summed E-state index contributed by atoms with van der Waals surface area (Å²) in [6, 6.07) is 18.7.